The van der Waals surface area contributed by atoms with Gasteiger partial charge in [-0.3, -0.25) is 0 Å². The molecule has 0 N–H and O–H groups in total. The van der Waals surface area contributed by atoms with Crippen LogP contribution in [0.3, 0.4) is 0 Å². The summed E-state index contributed by atoms with van der Waals surface area (Å²) < 4.78 is 6.68. The lowest BCUT2D eigenvalue weighted by molar-refractivity contribution is 0.0260. The number of thiophene rings is 1. The van der Waals surface area contributed by atoms with Gasteiger partial charge in [0.2, 0.25) is 0 Å². The molecule has 0 aliphatic carbocycles. The van der Waals surface area contributed by atoms with Crippen molar-refractivity contribution >= 4 is 38.9 Å². The molecule has 1 fully saturated rings. The Hall–Kier alpha value is 0.430. The molecule has 1 aromatic rings. The minimum absolute atomic E-state index is 0.0183. The topological polar surface area (TPSA) is 9.23 Å². The molecule has 1 saturated heterocycles. The van der Waals surface area contributed by atoms with Gasteiger partial charge < -0.3 is 4.74 Å². The molecule has 1 atom stereocenters. The smallest absolute Gasteiger partial charge is 0.0931 e. The van der Waals surface area contributed by atoms with Gasteiger partial charge >= 0.3 is 0 Å². The molecule has 1 aliphatic rings. The summed E-state index contributed by atoms with van der Waals surface area (Å²) >= 11 is 11.0. The largest absolute Gasteiger partial charge is 0.374 e. The Bertz CT molecular complexity index is 307. The minimum atomic E-state index is 0.0183. The van der Waals surface area contributed by atoms with Crippen LogP contribution in [-0.4, -0.2) is 17.5 Å². The highest BCUT2D eigenvalue weighted by molar-refractivity contribution is 9.09. The third-order valence-electron chi connectivity index (χ3n) is 2.58. The quantitative estimate of drug-likeness (QED) is 0.769. The van der Waals surface area contributed by atoms with Gasteiger partial charge in [-0.05, 0) is 29.9 Å². The maximum Gasteiger partial charge on any atom is 0.0931 e. The summed E-state index contributed by atoms with van der Waals surface area (Å²) in [6, 6.07) is 2.04. The van der Waals surface area contributed by atoms with Gasteiger partial charge in [-0.15, -0.1) is 11.3 Å². The standard InChI is InChI=1S/C10H12BrClOS/c11-7-10(2-1-3-13-10)5-8-4-9(12)14-6-8/h4,6H,1-3,5,7H2. The lowest BCUT2D eigenvalue weighted by Crippen LogP contribution is -2.32. The van der Waals surface area contributed by atoms with E-state index in [9.17, 15) is 0 Å². The molecule has 0 bridgehead atoms. The molecule has 1 unspecified atom stereocenters. The van der Waals surface area contributed by atoms with E-state index < -0.39 is 0 Å². The summed E-state index contributed by atoms with van der Waals surface area (Å²) in [4.78, 5) is 0. The summed E-state index contributed by atoms with van der Waals surface area (Å²) in [5, 5.41) is 3.03. The maximum absolute atomic E-state index is 5.90. The van der Waals surface area contributed by atoms with E-state index >= 15 is 0 Å². The molecule has 2 rings (SSSR count). The molecule has 0 spiro atoms. The normalized spacial score (nSPS) is 27.0. The van der Waals surface area contributed by atoms with Crippen molar-refractivity contribution in [2.45, 2.75) is 24.9 Å². The highest BCUT2D eigenvalue weighted by Gasteiger charge is 2.34. The lowest BCUT2D eigenvalue weighted by atomic mass is 9.95. The molecule has 1 aliphatic heterocycles. The average Bonchev–Trinajstić information content (AvgIpc) is 2.77. The third-order valence-corrected chi connectivity index (χ3v) is 4.74. The Morgan fingerprint density at radius 2 is 2.50 bits per heavy atom. The van der Waals surface area contributed by atoms with E-state index in [0.717, 1.165) is 29.1 Å². The van der Waals surface area contributed by atoms with Gasteiger partial charge in [0.15, 0.2) is 0 Å². The van der Waals surface area contributed by atoms with Crippen LogP contribution in [0.5, 0.6) is 0 Å². The molecule has 0 radical (unpaired) electrons. The Morgan fingerprint density at radius 1 is 1.64 bits per heavy atom. The zero-order valence-electron chi connectivity index (χ0n) is 7.76. The van der Waals surface area contributed by atoms with E-state index in [2.05, 4.69) is 21.3 Å². The maximum atomic E-state index is 5.90. The van der Waals surface area contributed by atoms with Crippen molar-refractivity contribution in [3.63, 3.8) is 0 Å². The Kier molecular flexibility index (Phi) is 3.53. The van der Waals surface area contributed by atoms with Crippen LogP contribution in [0.4, 0.5) is 0 Å². The Morgan fingerprint density at radius 3 is 3.00 bits per heavy atom. The van der Waals surface area contributed by atoms with Crippen molar-refractivity contribution in [2.24, 2.45) is 0 Å². The molecular weight excluding hydrogens is 284 g/mol. The average molecular weight is 296 g/mol. The summed E-state index contributed by atoms with van der Waals surface area (Å²) in [6.45, 7) is 0.892. The van der Waals surface area contributed by atoms with Gasteiger partial charge in [0, 0.05) is 18.4 Å². The van der Waals surface area contributed by atoms with E-state index in [-0.39, 0.29) is 5.60 Å². The first-order valence-electron chi connectivity index (χ1n) is 4.67. The summed E-state index contributed by atoms with van der Waals surface area (Å²) in [6.07, 6.45) is 3.29. The Balaban J connectivity index is 2.08. The molecule has 78 valence electrons. The van der Waals surface area contributed by atoms with Crippen LogP contribution in [0.1, 0.15) is 18.4 Å². The van der Waals surface area contributed by atoms with Crippen LogP contribution < -0.4 is 0 Å². The molecule has 0 aromatic carbocycles. The molecule has 0 amide bonds. The van der Waals surface area contributed by atoms with E-state index in [1.54, 1.807) is 11.3 Å². The molecule has 2 heterocycles. The number of hydrogen-bond donors (Lipinski definition) is 0. The van der Waals surface area contributed by atoms with Crippen LogP contribution >= 0.6 is 38.9 Å². The van der Waals surface area contributed by atoms with Crippen molar-refractivity contribution in [1.82, 2.24) is 0 Å². The van der Waals surface area contributed by atoms with Gasteiger partial charge in [-0.2, -0.15) is 0 Å². The molecule has 1 nitrogen and oxygen atoms in total. The SMILES string of the molecule is Clc1cc(CC2(CBr)CCCO2)cs1. The number of ether oxygens (including phenoxy) is 1. The first-order valence-corrected chi connectivity index (χ1v) is 7.05. The zero-order chi connectivity index (χ0) is 10.0. The molecule has 4 heteroatoms. The van der Waals surface area contributed by atoms with Crippen molar-refractivity contribution in [1.29, 1.82) is 0 Å². The fourth-order valence-electron chi connectivity index (χ4n) is 1.86. The van der Waals surface area contributed by atoms with Crippen LogP contribution in [0, 0.1) is 0 Å². The second-order valence-corrected chi connectivity index (χ2v) is 5.81. The van der Waals surface area contributed by atoms with Crippen molar-refractivity contribution < 1.29 is 4.74 Å². The lowest BCUT2D eigenvalue weighted by Gasteiger charge is -2.25. The molecule has 1 aromatic heterocycles. The van der Waals surface area contributed by atoms with Gasteiger partial charge in [-0.1, -0.05) is 27.5 Å². The summed E-state index contributed by atoms with van der Waals surface area (Å²) in [7, 11) is 0. The number of rotatable bonds is 3. The molecule has 14 heavy (non-hydrogen) atoms. The van der Waals surface area contributed by atoms with Gasteiger partial charge in [0.25, 0.3) is 0 Å². The molecule has 0 saturated carbocycles. The van der Waals surface area contributed by atoms with Crippen LogP contribution in [0.15, 0.2) is 11.4 Å². The third kappa shape index (κ3) is 2.32. The number of halogens is 2. The van der Waals surface area contributed by atoms with Gasteiger partial charge in [0.1, 0.15) is 0 Å². The fourth-order valence-corrected chi connectivity index (χ4v) is 3.41. The second-order valence-electron chi connectivity index (χ2n) is 3.70. The van der Waals surface area contributed by atoms with Crippen molar-refractivity contribution in [3.8, 4) is 0 Å². The van der Waals surface area contributed by atoms with Gasteiger partial charge in [-0.25, -0.2) is 0 Å². The van der Waals surface area contributed by atoms with E-state index in [1.807, 2.05) is 6.07 Å². The summed E-state index contributed by atoms with van der Waals surface area (Å²) in [5.41, 5.74) is 1.31. The molecular formula is C10H12BrClOS. The van der Waals surface area contributed by atoms with Crippen LogP contribution in [0.25, 0.3) is 0 Å². The van der Waals surface area contributed by atoms with E-state index in [0.29, 0.717) is 0 Å². The highest BCUT2D eigenvalue weighted by Crippen LogP contribution is 2.33. The monoisotopic (exact) mass is 294 g/mol. The first kappa shape index (κ1) is 10.9. The Labute approximate surface area is 102 Å². The van der Waals surface area contributed by atoms with Crippen molar-refractivity contribution in [3.05, 3.63) is 21.3 Å². The minimum Gasteiger partial charge on any atom is -0.374 e. The number of alkyl halides is 1. The number of hydrogen-bond acceptors (Lipinski definition) is 2. The van der Waals surface area contributed by atoms with Gasteiger partial charge in [0.05, 0.1) is 9.94 Å². The summed E-state index contributed by atoms with van der Waals surface area (Å²) in [5.74, 6) is 0. The van der Waals surface area contributed by atoms with E-state index in [1.165, 1.54) is 12.0 Å². The zero-order valence-corrected chi connectivity index (χ0v) is 10.9. The second kappa shape index (κ2) is 4.52. The highest BCUT2D eigenvalue weighted by atomic mass is 79.9. The van der Waals surface area contributed by atoms with Crippen LogP contribution in [0.2, 0.25) is 4.34 Å². The van der Waals surface area contributed by atoms with Crippen LogP contribution in [-0.2, 0) is 11.2 Å². The predicted octanol–water partition coefficient (Wildman–Crippen LogP) is 3.89. The van der Waals surface area contributed by atoms with Crippen molar-refractivity contribution in [2.75, 3.05) is 11.9 Å². The predicted molar refractivity (Wildman–Crippen MR) is 64.7 cm³/mol. The van der Waals surface area contributed by atoms with E-state index in [4.69, 9.17) is 16.3 Å². The first-order chi connectivity index (χ1) is 6.74. The fraction of sp³-hybridized carbons (Fsp3) is 0.600.